The first kappa shape index (κ1) is 19.4. The summed E-state index contributed by atoms with van der Waals surface area (Å²) in [6.07, 6.45) is 0.631. The van der Waals surface area contributed by atoms with Gasteiger partial charge in [-0.1, -0.05) is 91.3 Å². The summed E-state index contributed by atoms with van der Waals surface area (Å²) >= 11 is 3.62. The Labute approximate surface area is 186 Å². The van der Waals surface area contributed by atoms with Crippen LogP contribution >= 0.6 is 15.9 Å². The molecule has 0 saturated carbocycles. The molecular weight excluding hydrogens is 436 g/mol. The van der Waals surface area contributed by atoms with Gasteiger partial charge in [-0.2, -0.15) is 5.10 Å². The zero-order chi connectivity index (χ0) is 20.9. The smallest absolute Gasteiger partial charge is 0.213 e. The number of rotatable bonds is 2. The number of hydrogen-bond donors (Lipinski definition) is 0. The van der Waals surface area contributed by atoms with Crippen LogP contribution in [0, 0.1) is 0 Å². The van der Waals surface area contributed by atoms with Gasteiger partial charge in [-0.15, -0.1) is 0 Å². The fraction of sp³-hybridized carbons (Fsp3) is 0.269. The molecular formula is C26H25BrN2O. The Balaban J connectivity index is 1.57. The van der Waals surface area contributed by atoms with Crippen molar-refractivity contribution >= 4 is 21.6 Å². The predicted octanol–water partition coefficient (Wildman–Crippen LogP) is 6.99. The highest BCUT2D eigenvalue weighted by atomic mass is 79.9. The van der Waals surface area contributed by atoms with Crippen molar-refractivity contribution < 1.29 is 4.74 Å². The summed E-state index contributed by atoms with van der Waals surface area (Å²) in [5, 5.41) is 7.19. The maximum Gasteiger partial charge on any atom is 0.213 e. The van der Waals surface area contributed by atoms with Gasteiger partial charge in [-0.3, -0.25) is 0 Å². The van der Waals surface area contributed by atoms with Gasteiger partial charge in [0.1, 0.15) is 5.75 Å². The zero-order valence-corrected chi connectivity index (χ0v) is 19.1. The molecule has 0 aromatic heterocycles. The minimum Gasteiger partial charge on any atom is -0.464 e. The molecule has 30 heavy (non-hydrogen) atoms. The average Bonchev–Trinajstić information content (AvgIpc) is 3.19. The molecule has 0 bridgehead atoms. The summed E-state index contributed by atoms with van der Waals surface area (Å²) < 4.78 is 7.56. The molecule has 0 fully saturated rings. The average molecular weight is 461 g/mol. The van der Waals surface area contributed by atoms with Crippen LogP contribution in [0.15, 0.2) is 82.4 Å². The van der Waals surface area contributed by atoms with Crippen LogP contribution in [0.3, 0.4) is 0 Å². The van der Waals surface area contributed by atoms with Gasteiger partial charge in [0, 0.05) is 22.0 Å². The lowest BCUT2D eigenvalue weighted by Gasteiger charge is -2.38. The Kier molecular flexibility index (Phi) is 4.70. The van der Waals surface area contributed by atoms with E-state index in [1.54, 1.807) is 0 Å². The highest BCUT2D eigenvalue weighted by Gasteiger charge is 2.41. The van der Waals surface area contributed by atoms with E-state index >= 15 is 0 Å². The number of halogens is 1. The zero-order valence-electron chi connectivity index (χ0n) is 17.5. The lowest BCUT2D eigenvalue weighted by atomic mass is 9.86. The summed E-state index contributed by atoms with van der Waals surface area (Å²) in [6, 6.07) is 25.7. The molecule has 2 heterocycles. The van der Waals surface area contributed by atoms with Crippen molar-refractivity contribution in [1.82, 2.24) is 5.01 Å². The van der Waals surface area contributed by atoms with E-state index in [1.165, 1.54) is 16.7 Å². The molecule has 4 heteroatoms. The Morgan fingerprint density at radius 3 is 2.40 bits per heavy atom. The summed E-state index contributed by atoms with van der Waals surface area (Å²) in [5.41, 5.74) is 6.03. The second kappa shape index (κ2) is 7.28. The summed E-state index contributed by atoms with van der Waals surface area (Å²) in [4.78, 5) is 0. The van der Waals surface area contributed by atoms with Gasteiger partial charge < -0.3 is 4.74 Å². The fourth-order valence-electron chi connectivity index (χ4n) is 4.23. The van der Waals surface area contributed by atoms with Crippen LogP contribution in [0.1, 0.15) is 61.7 Å². The van der Waals surface area contributed by atoms with Crippen molar-refractivity contribution in [2.75, 3.05) is 0 Å². The minimum atomic E-state index is -0.237. The molecule has 0 spiro atoms. The number of ether oxygens (including phenoxy) is 1. The van der Waals surface area contributed by atoms with E-state index < -0.39 is 0 Å². The van der Waals surface area contributed by atoms with Gasteiger partial charge >= 0.3 is 0 Å². The van der Waals surface area contributed by atoms with Crippen molar-refractivity contribution in [3.05, 3.63) is 99.5 Å². The summed E-state index contributed by atoms with van der Waals surface area (Å²) in [5.74, 6) is 0.939. The van der Waals surface area contributed by atoms with Crippen molar-refractivity contribution in [3.8, 4) is 5.75 Å². The Hall–Kier alpha value is -2.59. The minimum absolute atomic E-state index is 0.125. The molecule has 2 aliphatic rings. The number of nitrogens with zero attached hydrogens (tertiary/aromatic N) is 2. The van der Waals surface area contributed by atoms with E-state index in [0.29, 0.717) is 0 Å². The third-order valence-electron chi connectivity index (χ3n) is 5.92. The third kappa shape index (κ3) is 3.43. The summed E-state index contributed by atoms with van der Waals surface area (Å²) in [6.45, 7) is 6.71. The topological polar surface area (TPSA) is 24.8 Å². The van der Waals surface area contributed by atoms with Crippen molar-refractivity contribution in [1.29, 1.82) is 0 Å². The van der Waals surface area contributed by atoms with Gasteiger partial charge in [0.05, 0.1) is 11.8 Å². The monoisotopic (exact) mass is 460 g/mol. The lowest BCUT2D eigenvalue weighted by Crippen LogP contribution is -2.33. The molecule has 0 amide bonds. The second-order valence-electron chi connectivity index (χ2n) is 9.04. The van der Waals surface area contributed by atoms with Crippen LogP contribution in [0.4, 0.5) is 0 Å². The third-order valence-corrected chi connectivity index (χ3v) is 6.41. The predicted molar refractivity (Wildman–Crippen MR) is 125 cm³/mol. The summed E-state index contributed by atoms with van der Waals surface area (Å²) in [7, 11) is 0. The SMILES string of the molecule is CC(C)(C)c1ccc([C@@H]2Oc3ccc(Br)cc3[C@@H]3CC(c4ccccc4)=NN32)cc1. The Morgan fingerprint density at radius 1 is 0.967 bits per heavy atom. The Bertz CT molecular complexity index is 1100. The van der Waals surface area contributed by atoms with Crippen LogP contribution in [0.25, 0.3) is 0 Å². The molecule has 0 aliphatic carbocycles. The highest BCUT2D eigenvalue weighted by molar-refractivity contribution is 9.10. The molecule has 3 nitrogen and oxygen atoms in total. The van der Waals surface area contributed by atoms with Crippen molar-refractivity contribution in [2.45, 2.75) is 44.9 Å². The highest BCUT2D eigenvalue weighted by Crippen LogP contribution is 2.48. The normalized spacial score (nSPS) is 20.3. The molecule has 3 aromatic rings. The van der Waals surface area contributed by atoms with Crippen LogP contribution in [-0.4, -0.2) is 10.7 Å². The molecule has 2 atom stereocenters. The molecule has 0 N–H and O–H groups in total. The van der Waals surface area contributed by atoms with E-state index in [9.17, 15) is 0 Å². The van der Waals surface area contributed by atoms with Crippen molar-refractivity contribution in [3.63, 3.8) is 0 Å². The van der Waals surface area contributed by atoms with E-state index in [0.717, 1.165) is 27.9 Å². The van der Waals surface area contributed by atoms with Crippen LogP contribution in [0.5, 0.6) is 5.75 Å². The number of hydrazone groups is 1. The molecule has 2 aliphatic heterocycles. The fourth-order valence-corrected chi connectivity index (χ4v) is 4.61. The quantitative estimate of drug-likeness (QED) is 0.411. The van der Waals surface area contributed by atoms with Crippen molar-refractivity contribution in [2.24, 2.45) is 5.10 Å². The first-order valence-corrected chi connectivity index (χ1v) is 11.2. The first-order valence-electron chi connectivity index (χ1n) is 10.4. The molecule has 0 saturated heterocycles. The van der Waals surface area contributed by atoms with Crippen LogP contribution < -0.4 is 4.74 Å². The lowest BCUT2D eigenvalue weighted by molar-refractivity contribution is -0.0191. The van der Waals surface area contributed by atoms with E-state index in [2.05, 4.69) is 102 Å². The van der Waals surface area contributed by atoms with E-state index in [1.807, 2.05) is 12.1 Å². The molecule has 152 valence electrons. The van der Waals surface area contributed by atoms with E-state index in [4.69, 9.17) is 9.84 Å². The molecule has 0 unspecified atom stereocenters. The Morgan fingerprint density at radius 2 is 1.70 bits per heavy atom. The van der Waals surface area contributed by atoms with E-state index in [-0.39, 0.29) is 17.7 Å². The van der Waals surface area contributed by atoms with Gasteiger partial charge in [-0.25, -0.2) is 5.01 Å². The van der Waals surface area contributed by atoms with Crippen LogP contribution in [-0.2, 0) is 5.41 Å². The second-order valence-corrected chi connectivity index (χ2v) is 9.95. The standard InChI is InChI=1S/C26H25BrN2O/c1-26(2,3)19-11-9-18(10-12-19)25-29-23(21-15-20(27)13-14-24(21)30-25)16-22(28-29)17-7-5-4-6-8-17/h4-15,23,25H,16H2,1-3H3/t23-,25-/m0/s1. The van der Waals surface area contributed by atoms with Crippen LogP contribution in [0.2, 0.25) is 0 Å². The number of benzene rings is 3. The first-order chi connectivity index (χ1) is 14.4. The number of fused-ring (bicyclic) bond motifs is 3. The van der Waals surface area contributed by atoms with Gasteiger partial charge in [0.25, 0.3) is 0 Å². The largest absolute Gasteiger partial charge is 0.464 e. The molecule has 0 radical (unpaired) electrons. The molecule has 3 aromatic carbocycles. The molecule has 5 rings (SSSR count). The maximum atomic E-state index is 6.49. The van der Waals surface area contributed by atoms with Gasteiger partial charge in [0.2, 0.25) is 6.23 Å². The number of hydrogen-bond acceptors (Lipinski definition) is 3. The van der Waals surface area contributed by atoms with Gasteiger partial charge in [-0.05, 0) is 34.7 Å². The maximum absolute atomic E-state index is 6.49. The van der Waals surface area contributed by atoms with Gasteiger partial charge in [0.15, 0.2) is 0 Å².